The monoisotopic (exact) mass is 659 g/mol. The molecule has 0 N–H and O–H groups in total. The summed E-state index contributed by atoms with van der Waals surface area (Å²) < 4.78 is 34.2. The number of esters is 1. The van der Waals surface area contributed by atoms with Crippen LogP contribution in [0.2, 0.25) is 0 Å². The first kappa shape index (κ1) is 44.0. The molecule has 0 spiro atoms. The number of ether oxygens (including phenoxy) is 2. The van der Waals surface area contributed by atoms with Gasteiger partial charge in [0.1, 0.15) is 19.3 Å². The Morgan fingerprint density at radius 3 is 1.82 bits per heavy atom. The van der Waals surface area contributed by atoms with Crippen LogP contribution in [0.15, 0.2) is 24.3 Å². The molecule has 0 aromatic heterocycles. The lowest BCUT2D eigenvalue weighted by atomic mass is 10.1. The van der Waals surface area contributed by atoms with Crippen molar-refractivity contribution in [2.24, 2.45) is 0 Å². The Morgan fingerprint density at radius 1 is 0.689 bits per heavy atom. The Hall–Kier alpha value is -1.02. The fourth-order valence-corrected chi connectivity index (χ4v) is 5.36. The first-order chi connectivity index (χ1) is 21.6. The van der Waals surface area contributed by atoms with Crippen LogP contribution in [0.5, 0.6) is 0 Å². The molecule has 0 rings (SSSR count). The van der Waals surface area contributed by atoms with Crippen molar-refractivity contribution in [3.63, 3.8) is 0 Å². The van der Waals surface area contributed by atoms with E-state index in [4.69, 9.17) is 18.5 Å². The van der Waals surface area contributed by atoms with Gasteiger partial charge in [-0.25, -0.2) is 0 Å². The van der Waals surface area contributed by atoms with E-state index in [1.165, 1.54) is 70.6 Å². The van der Waals surface area contributed by atoms with Crippen LogP contribution in [0, 0.1) is 0 Å². The number of likely N-dealkylation sites (N-methyl/N-ethyl adjacent to an activating group) is 1. The highest BCUT2D eigenvalue weighted by molar-refractivity contribution is 7.45. The molecular formula is C36H70NO7P. The number of rotatable bonds is 33. The number of unbranched alkanes of at least 4 members (excludes halogenated alkanes) is 15. The number of carbonyl (C=O) groups is 1. The molecular weight excluding hydrogens is 589 g/mol. The van der Waals surface area contributed by atoms with E-state index in [1.807, 2.05) is 21.1 Å². The van der Waals surface area contributed by atoms with Crippen LogP contribution in [0.4, 0.5) is 0 Å². The summed E-state index contributed by atoms with van der Waals surface area (Å²) >= 11 is 0. The van der Waals surface area contributed by atoms with Crippen LogP contribution in [-0.4, -0.2) is 70.7 Å². The molecule has 2 atom stereocenters. The first-order valence-corrected chi connectivity index (χ1v) is 19.5. The topological polar surface area (TPSA) is 94.1 Å². The predicted octanol–water partition coefficient (Wildman–Crippen LogP) is 9.08. The number of carbonyl (C=O) groups excluding carboxylic acids is 1. The molecule has 0 bridgehead atoms. The van der Waals surface area contributed by atoms with E-state index >= 15 is 0 Å². The molecule has 9 heteroatoms. The molecule has 0 saturated carbocycles. The van der Waals surface area contributed by atoms with Crippen LogP contribution in [-0.2, 0) is 27.9 Å². The second-order valence-electron chi connectivity index (χ2n) is 13.2. The highest BCUT2D eigenvalue weighted by atomic mass is 31.2. The Morgan fingerprint density at radius 2 is 1.22 bits per heavy atom. The number of hydrogen-bond acceptors (Lipinski definition) is 7. The van der Waals surface area contributed by atoms with Crippen molar-refractivity contribution in [3.8, 4) is 0 Å². The van der Waals surface area contributed by atoms with E-state index < -0.39 is 13.9 Å². The summed E-state index contributed by atoms with van der Waals surface area (Å²) in [4.78, 5) is 24.7. The van der Waals surface area contributed by atoms with Crippen LogP contribution in [0.25, 0.3) is 0 Å². The zero-order valence-electron chi connectivity index (χ0n) is 29.8. The molecule has 8 nitrogen and oxygen atoms in total. The number of allylic oxidation sites excluding steroid dienone is 4. The van der Waals surface area contributed by atoms with Crippen molar-refractivity contribution in [3.05, 3.63) is 24.3 Å². The van der Waals surface area contributed by atoms with Crippen LogP contribution < -0.4 is 4.89 Å². The minimum Gasteiger partial charge on any atom is -0.756 e. The molecule has 0 amide bonds. The quantitative estimate of drug-likeness (QED) is 0.0228. The maximum atomic E-state index is 12.4. The van der Waals surface area contributed by atoms with Gasteiger partial charge in [0.05, 0.1) is 34.4 Å². The SMILES string of the molecule is CCCCCC/C=C\C/C=C\CCCCCCCCOCC(COP(=O)([O-])OCC[N+](C)(C)C)OC(=O)CCCCCCCC. The lowest BCUT2D eigenvalue weighted by molar-refractivity contribution is -0.870. The van der Waals surface area contributed by atoms with Crippen molar-refractivity contribution in [1.82, 2.24) is 0 Å². The Bertz CT molecular complexity index is 782. The molecule has 0 heterocycles. The number of phosphoric ester groups is 1. The second kappa shape index (κ2) is 30.3. The fourth-order valence-electron chi connectivity index (χ4n) is 4.63. The normalized spacial score (nSPS) is 14.4. The standard InChI is InChI=1S/C36H70NO7P/c1-6-8-10-12-14-15-16-17-18-19-20-21-22-23-24-26-28-31-41-33-35(44-36(38)29-27-25-13-11-9-7-2)34-43-45(39,40)42-32-30-37(3,4)5/h15-16,18-19,35H,6-14,17,20-34H2,1-5H3/b16-15-,19-18-. The average Bonchev–Trinajstić information content (AvgIpc) is 2.98. The van der Waals surface area contributed by atoms with Gasteiger partial charge in [0.25, 0.3) is 7.82 Å². The molecule has 0 aliphatic carbocycles. The van der Waals surface area contributed by atoms with Gasteiger partial charge in [-0.3, -0.25) is 9.36 Å². The lowest BCUT2D eigenvalue weighted by Gasteiger charge is -2.28. The summed E-state index contributed by atoms with van der Waals surface area (Å²) in [5.41, 5.74) is 0. The maximum absolute atomic E-state index is 12.4. The molecule has 0 aromatic carbocycles. The van der Waals surface area contributed by atoms with Gasteiger partial charge in [-0.2, -0.15) is 0 Å². The van der Waals surface area contributed by atoms with E-state index in [1.54, 1.807) is 0 Å². The lowest BCUT2D eigenvalue weighted by Crippen LogP contribution is -2.37. The third-order valence-electron chi connectivity index (χ3n) is 7.51. The van der Waals surface area contributed by atoms with Crippen LogP contribution in [0.1, 0.15) is 142 Å². The fraction of sp³-hybridized carbons (Fsp3) is 0.861. The third-order valence-corrected chi connectivity index (χ3v) is 8.47. The molecule has 0 saturated heterocycles. The summed E-state index contributed by atoms with van der Waals surface area (Å²) in [6, 6.07) is 0. The van der Waals surface area contributed by atoms with Gasteiger partial charge in [-0.05, 0) is 44.9 Å². The summed E-state index contributed by atoms with van der Waals surface area (Å²) in [5.74, 6) is -0.349. The summed E-state index contributed by atoms with van der Waals surface area (Å²) in [5, 5.41) is 0. The molecule has 0 radical (unpaired) electrons. The van der Waals surface area contributed by atoms with Gasteiger partial charge in [0.2, 0.25) is 0 Å². The van der Waals surface area contributed by atoms with Gasteiger partial charge < -0.3 is 27.9 Å². The molecule has 2 unspecified atom stereocenters. The Kier molecular flexibility index (Phi) is 29.6. The van der Waals surface area contributed by atoms with Gasteiger partial charge in [-0.1, -0.05) is 115 Å². The van der Waals surface area contributed by atoms with E-state index in [-0.39, 0.29) is 25.8 Å². The van der Waals surface area contributed by atoms with Gasteiger partial charge >= 0.3 is 5.97 Å². The third kappa shape index (κ3) is 34.1. The summed E-state index contributed by atoms with van der Waals surface area (Å²) in [6.45, 7) is 5.29. The number of nitrogens with zero attached hydrogens (tertiary/aromatic N) is 1. The largest absolute Gasteiger partial charge is 0.756 e. The minimum atomic E-state index is -4.51. The van der Waals surface area contributed by atoms with Crippen molar-refractivity contribution >= 4 is 13.8 Å². The summed E-state index contributed by atoms with van der Waals surface area (Å²) in [7, 11) is 1.35. The zero-order chi connectivity index (χ0) is 33.5. The summed E-state index contributed by atoms with van der Waals surface area (Å²) in [6.07, 6.45) is 30.6. The molecule has 0 aliphatic rings. The molecule has 0 aliphatic heterocycles. The predicted molar refractivity (Wildman–Crippen MR) is 185 cm³/mol. The van der Waals surface area contributed by atoms with E-state index in [9.17, 15) is 14.3 Å². The first-order valence-electron chi connectivity index (χ1n) is 18.1. The molecule has 266 valence electrons. The van der Waals surface area contributed by atoms with E-state index in [2.05, 4.69) is 38.2 Å². The molecule has 0 aromatic rings. The van der Waals surface area contributed by atoms with Gasteiger partial charge in [0.15, 0.2) is 0 Å². The van der Waals surface area contributed by atoms with Crippen molar-refractivity contribution in [2.45, 2.75) is 148 Å². The van der Waals surface area contributed by atoms with Crippen molar-refractivity contribution in [2.75, 3.05) is 54.1 Å². The number of phosphoric acid groups is 1. The smallest absolute Gasteiger partial charge is 0.306 e. The molecule has 0 fully saturated rings. The molecule has 45 heavy (non-hydrogen) atoms. The maximum Gasteiger partial charge on any atom is 0.306 e. The van der Waals surface area contributed by atoms with Crippen molar-refractivity contribution < 1.29 is 37.3 Å². The van der Waals surface area contributed by atoms with E-state index in [0.717, 1.165) is 51.4 Å². The Balaban J connectivity index is 4.20. The highest BCUT2D eigenvalue weighted by Crippen LogP contribution is 2.38. The second-order valence-corrected chi connectivity index (χ2v) is 14.6. The average molecular weight is 660 g/mol. The van der Waals surface area contributed by atoms with Crippen LogP contribution >= 0.6 is 7.82 Å². The van der Waals surface area contributed by atoms with E-state index in [0.29, 0.717) is 24.1 Å². The van der Waals surface area contributed by atoms with Crippen LogP contribution in [0.3, 0.4) is 0 Å². The minimum absolute atomic E-state index is 0.0247. The van der Waals surface area contributed by atoms with Gasteiger partial charge in [0, 0.05) is 13.0 Å². The van der Waals surface area contributed by atoms with Gasteiger partial charge in [-0.15, -0.1) is 0 Å². The Labute approximate surface area is 277 Å². The number of hydrogen-bond donors (Lipinski definition) is 0. The zero-order valence-corrected chi connectivity index (χ0v) is 30.7. The number of quaternary nitrogens is 1. The highest BCUT2D eigenvalue weighted by Gasteiger charge is 2.20. The van der Waals surface area contributed by atoms with Crippen molar-refractivity contribution in [1.29, 1.82) is 0 Å².